The lowest BCUT2D eigenvalue weighted by molar-refractivity contribution is -0.148. The van der Waals surface area contributed by atoms with Gasteiger partial charge in [0.15, 0.2) is 0 Å². The molecule has 0 aliphatic heterocycles. The van der Waals surface area contributed by atoms with Gasteiger partial charge in [-0.3, -0.25) is 9.59 Å². The van der Waals surface area contributed by atoms with Crippen LogP contribution in [0.3, 0.4) is 0 Å². The number of carbonyl (C=O) groups excluding carboxylic acids is 1. The third kappa shape index (κ3) is 3.76. The summed E-state index contributed by atoms with van der Waals surface area (Å²) in [7, 11) is 1.81. The quantitative estimate of drug-likeness (QED) is 0.832. The zero-order valence-corrected chi connectivity index (χ0v) is 13.0. The number of amides is 1. The Morgan fingerprint density at radius 3 is 2.24 bits per heavy atom. The predicted octanol–water partition coefficient (Wildman–Crippen LogP) is 2.14. The summed E-state index contributed by atoms with van der Waals surface area (Å²) in [6, 6.07) is 0.224. The van der Waals surface area contributed by atoms with Gasteiger partial charge in [0.25, 0.3) is 0 Å². The van der Waals surface area contributed by atoms with Crippen LogP contribution in [0.25, 0.3) is 0 Å². The first kappa shape index (κ1) is 16.3. The second-order valence-electron chi connectivity index (χ2n) is 6.86. The van der Waals surface area contributed by atoms with E-state index in [4.69, 9.17) is 5.73 Å². The molecule has 120 valence electrons. The number of aliphatic carboxylic acids is 1. The molecular formula is C16H28N2O3. The normalized spacial score (nSPS) is 28.9. The summed E-state index contributed by atoms with van der Waals surface area (Å²) in [6.07, 6.45) is 8.35. The van der Waals surface area contributed by atoms with Gasteiger partial charge in [0.1, 0.15) is 0 Å². The molecule has 2 fully saturated rings. The molecule has 2 saturated carbocycles. The van der Waals surface area contributed by atoms with Gasteiger partial charge in [-0.25, -0.2) is 0 Å². The molecule has 0 aromatic rings. The molecule has 5 heteroatoms. The summed E-state index contributed by atoms with van der Waals surface area (Å²) >= 11 is 0. The first-order valence-corrected chi connectivity index (χ1v) is 8.20. The number of hydrogen-bond acceptors (Lipinski definition) is 3. The van der Waals surface area contributed by atoms with E-state index >= 15 is 0 Å². The summed E-state index contributed by atoms with van der Waals surface area (Å²) in [6.45, 7) is 0. The summed E-state index contributed by atoms with van der Waals surface area (Å²) in [5, 5.41) is 9.25. The maximum absolute atomic E-state index is 12.8. The van der Waals surface area contributed by atoms with Crippen molar-refractivity contribution in [3.8, 4) is 0 Å². The largest absolute Gasteiger partial charge is 0.481 e. The highest BCUT2D eigenvalue weighted by Gasteiger charge is 2.42. The van der Waals surface area contributed by atoms with Crippen LogP contribution in [0.4, 0.5) is 0 Å². The Bertz CT molecular complexity index is 383. The Balaban J connectivity index is 2.08. The molecule has 2 aliphatic carbocycles. The summed E-state index contributed by atoms with van der Waals surface area (Å²) in [5.41, 5.74) is 5.43. The number of nitrogens with zero attached hydrogens (tertiary/aromatic N) is 1. The van der Waals surface area contributed by atoms with Crippen LogP contribution < -0.4 is 5.73 Å². The number of carbonyl (C=O) groups is 2. The van der Waals surface area contributed by atoms with E-state index < -0.39 is 11.5 Å². The monoisotopic (exact) mass is 296 g/mol. The Kier molecular flexibility index (Phi) is 5.25. The average Bonchev–Trinajstić information content (AvgIpc) is 2.47. The summed E-state index contributed by atoms with van der Waals surface area (Å²) < 4.78 is 0. The first-order chi connectivity index (χ1) is 9.94. The molecule has 0 radical (unpaired) electrons. The van der Waals surface area contributed by atoms with Crippen molar-refractivity contribution < 1.29 is 14.7 Å². The van der Waals surface area contributed by atoms with Gasteiger partial charge in [-0.05, 0) is 38.5 Å². The van der Waals surface area contributed by atoms with E-state index in [1.54, 1.807) is 4.90 Å². The third-order valence-corrected chi connectivity index (χ3v) is 5.43. The molecule has 21 heavy (non-hydrogen) atoms. The van der Waals surface area contributed by atoms with Crippen LogP contribution >= 0.6 is 0 Å². The van der Waals surface area contributed by atoms with Crippen LogP contribution in [-0.4, -0.2) is 40.5 Å². The third-order valence-electron chi connectivity index (χ3n) is 5.43. The van der Waals surface area contributed by atoms with E-state index in [1.807, 2.05) is 7.05 Å². The lowest BCUT2D eigenvalue weighted by Gasteiger charge is -2.45. The van der Waals surface area contributed by atoms with Crippen molar-refractivity contribution in [1.29, 1.82) is 0 Å². The van der Waals surface area contributed by atoms with Gasteiger partial charge in [0.2, 0.25) is 5.91 Å². The fraction of sp³-hybridized carbons (Fsp3) is 0.875. The Morgan fingerprint density at radius 2 is 1.71 bits per heavy atom. The van der Waals surface area contributed by atoms with Crippen LogP contribution in [0.5, 0.6) is 0 Å². The van der Waals surface area contributed by atoms with Crippen LogP contribution in [0.15, 0.2) is 0 Å². The summed E-state index contributed by atoms with van der Waals surface area (Å²) in [5.74, 6) is -0.644. The number of carboxylic acid groups (broad SMARTS) is 1. The molecule has 1 amide bonds. The molecule has 0 spiro atoms. The van der Waals surface area contributed by atoms with Gasteiger partial charge in [-0.15, -0.1) is 0 Å². The zero-order valence-electron chi connectivity index (χ0n) is 13.0. The number of rotatable bonds is 4. The van der Waals surface area contributed by atoms with Crippen LogP contribution in [0, 0.1) is 5.92 Å². The fourth-order valence-corrected chi connectivity index (χ4v) is 4.00. The number of hydrogen-bond donors (Lipinski definition) is 2. The van der Waals surface area contributed by atoms with Gasteiger partial charge < -0.3 is 15.7 Å². The molecule has 0 saturated heterocycles. The van der Waals surface area contributed by atoms with Crippen molar-refractivity contribution >= 4 is 11.9 Å². The average molecular weight is 296 g/mol. The first-order valence-electron chi connectivity index (χ1n) is 8.20. The second kappa shape index (κ2) is 6.77. The molecule has 5 nitrogen and oxygen atoms in total. The van der Waals surface area contributed by atoms with Crippen LogP contribution in [0.2, 0.25) is 0 Å². The molecule has 0 atom stereocenters. The predicted molar refractivity (Wildman–Crippen MR) is 80.8 cm³/mol. The molecule has 0 unspecified atom stereocenters. The maximum atomic E-state index is 12.8. The van der Waals surface area contributed by atoms with Crippen molar-refractivity contribution in [3.63, 3.8) is 0 Å². The van der Waals surface area contributed by atoms with Gasteiger partial charge in [0, 0.05) is 19.0 Å². The minimum Gasteiger partial charge on any atom is -0.481 e. The van der Waals surface area contributed by atoms with E-state index in [9.17, 15) is 14.7 Å². The van der Waals surface area contributed by atoms with E-state index in [1.165, 1.54) is 0 Å². The molecule has 0 aromatic heterocycles. The second-order valence-corrected chi connectivity index (χ2v) is 6.86. The highest BCUT2D eigenvalue weighted by molar-refractivity contribution is 5.80. The Labute approximate surface area is 126 Å². The van der Waals surface area contributed by atoms with E-state index in [0.29, 0.717) is 0 Å². The molecular weight excluding hydrogens is 268 g/mol. The maximum Gasteiger partial charge on any atom is 0.305 e. The van der Waals surface area contributed by atoms with Gasteiger partial charge >= 0.3 is 5.97 Å². The standard InChI is InChI=1S/C16H28N2O3/c1-18(15(21)12-5-7-13(17)8-6-12)16(11-14(19)20)9-3-2-4-10-16/h12-13H,2-11,17H2,1H3,(H,19,20). The van der Waals surface area contributed by atoms with Crippen molar-refractivity contribution in [3.05, 3.63) is 0 Å². The lowest BCUT2D eigenvalue weighted by atomic mass is 9.76. The van der Waals surface area contributed by atoms with Gasteiger partial charge in [-0.1, -0.05) is 19.3 Å². The summed E-state index contributed by atoms with van der Waals surface area (Å²) in [4.78, 5) is 25.8. The van der Waals surface area contributed by atoms with E-state index in [-0.39, 0.29) is 24.3 Å². The lowest BCUT2D eigenvalue weighted by Crippen LogP contribution is -2.54. The van der Waals surface area contributed by atoms with Crippen molar-refractivity contribution in [2.24, 2.45) is 11.7 Å². The molecule has 0 heterocycles. The molecule has 3 N–H and O–H groups in total. The highest BCUT2D eigenvalue weighted by atomic mass is 16.4. The Morgan fingerprint density at radius 1 is 1.14 bits per heavy atom. The molecule has 2 rings (SSSR count). The van der Waals surface area contributed by atoms with E-state index in [2.05, 4.69) is 0 Å². The van der Waals surface area contributed by atoms with Crippen molar-refractivity contribution in [2.45, 2.75) is 75.8 Å². The molecule has 0 aromatic carbocycles. The number of nitrogens with two attached hydrogens (primary N) is 1. The Hall–Kier alpha value is -1.10. The zero-order chi connectivity index (χ0) is 15.5. The fourth-order valence-electron chi connectivity index (χ4n) is 4.00. The van der Waals surface area contributed by atoms with Gasteiger partial charge in [0.05, 0.1) is 12.0 Å². The van der Waals surface area contributed by atoms with Crippen molar-refractivity contribution in [2.75, 3.05) is 7.05 Å². The van der Waals surface area contributed by atoms with E-state index in [0.717, 1.165) is 57.8 Å². The molecule has 0 bridgehead atoms. The minimum atomic E-state index is -0.804. The number of carboxylic acids is 1. The SMILES string of the molecule is CN(C(=O)C1CCC(N)CC1)C1(CC(=O)O)CCCCC1. The molecule has 2 aliphatic rings. The van der Waals surface area contributed by atoms with Crippen molar-refractivity contribution in [1.82, 2.24) is 4.90 Å². The van der Waals surface area contributed by atoms with Gasteiger partial charge in [-0.2, -0.15) is 0 Å². The topological polar surface area (TPSA) is 83.6 Å². The van der Waals surface area contributed by atoms with Crippen LogP contribution in [-0.2, 0) is 9.59 Å². The minimum absolute atomic E-state index is 0.0300. The van der Waals surface area contributed by atoms with Crippen LogP contribution in [0.1, 0.15) is 64.2 Å². The highest BCUT2D eigenvalue weighted by Crippen LogP contribution is 2.38. The smallest absolute Gasteiger partial charge is 0.305 e.